The lowest BCUT2D eigenvalue weighted by Crippen LogP contribution is -2.15. The van der Waals surface area contributed by atoms with Crippen molar-refractivity contribution in [1.29, 1.82) is 0 Å². The predicted octanol–water partition coefficient (Wildman–Crippen LogP) is 3.25. The van der Waals surface area contributed by atoms with Crippen molar-refractivity contribution in [3.8, 4) is 11.3 Å². The Balaban J connectivity index is 1.83. The van der Waals surface area contributed by atoms with E-state index in [0.717, 1.165) is 10.5 Å². The Morgan fingerprint density at radius 2 is 2.00 bits per heavy atom. The van der Waals surface area contributed by atoms with E-state index < -0.39 is 10.8 Å². The molecule has 0 radical (unpaired) electrons. The van der Waals surface area contributed by atoms with Crippen molar-refractivity contribution in [3.05, 3.63) is 65.8 Å². The molecule has 0 bridgehead atoms. The summed E-state index contributed by atoms with van der Waals surface area (Å²) in [5.41, 5.74) is 3.37. The first-order chi connectivity index (χ1) is 11.1. The van der Waals surface area contributed by atoms with Crippen molar-refractivity contribution in [2.75, 3.05) is 6.26 Å². The van der Waals surface area contributed by atoms with E-state index >= 15 is 0 Å². The zero-order valence-electron chi connectivity index (χ0n) is 12.3. The maximum atomic E-state index is 12.4. The molecule has 112 valence electrons. The van der Waals surface area contributed by atoms with Gasteiger partial charge >= 0.3 is 0 Å². The van der Waals surface area contributed by atoms with Crippen LogP contribution in [0.4, 0.5) is 5.82 Å². The summed E-state index contributed by atoms with van der Waals surface area (Å²) < 4.78 is 11.6. The van der Waals surface area contributed by atoms with Crippen LogP contribution in [0.25, 0.3) is 11.3 Å². The SMILES string of the molecule is CS(=O)c1cccc(-c2ccc3c(n2)N=C2C=CC=C2C3=O)c1. The molecule has 4 rings (SSSR count). The topological polar surface area (TPSA) is 59.4 Å². The molecule has 0 spiro atoms. The highest BCUT2D eigenvalue weighted by molar-refractivity contribution is 7.84. The number of hydrogen-bond acceptors (Lipinski definition) is 4. The van der Waals surface area contributed by atoms with E-state index in [4.69, 9.17) is 0 Å². The third kappa shape index (κ3) is 2.29. The molecule has 0 fully saturated rings. The highest BCUT2D eigenvalue weighted by Gasteiger charge is 2.27. The number of carbonyl (C=O) groups excluding carboxylic acids is 1. The number of allylic oxidation sites excluding steroid dienone is 4. The van der Waals surface area contributed by atoms with Crippen molar-refractivity contribution in [3.63, 3.8) is 0 Å². The Bertz CT molecular complexity index is 971. The van der Waals surface area contributed by atoms with E-state index in [1.54, 1.807) is 24.5 Å². The average Bonchev–Trinajstić information content (AvgIpc) is 3.03. The lowest BCUT2D eigenvalue weighted by atomic mass is 9.98. The van der Waals surface area contributed by atoms with Gasteiger partial charge in [0.15, 0.2) is 11.6 Å². The number of pyridine rings is 1. The largest absolute Gasteiger partial charge is 0.288 e. The van der Waals surface area contributed by atoms with Gasteiger partial charge < -0.3 is 0 Å². The van der Waals surface area contributed by atoms with Crippen molar-refractivity contribution in [2.24, 2.45) is 4.99 Å². The van der Waals surface area contributed by atoms with Gasteiger partial charge in [0.1, 0.15) is 0 Å². The van der Waals surface area contributed by atoms with Gasteiger partial charge in [0.25, 0.3) is 0 Å². The van der Waals surface area contributed by atoms with Gasteiger partial charge in [-0.05, 0) is 36.4 Å². The molecule has 5 heteroatoms. The van der Waals surface area contributed by atoms with Crippen LogP contribution in [-0.2, 0) is 10.8 Å². The van der Waals surface area contributed by atoms with Gasteiger partial charge in [-0.2, -0.15) is 0 Å². The van der Waals surface area contributed by atoms with Crippen LogP contribution in [0, 0.1) is 0 Å². The zero-order chi connectivity index (χ0) is 16.0. The number of benzene rings is 1. The molecule has 1 unspecified atom stereocenters. The number of nitrogens with zero attached hydrogens (tertiary/aromatic N) is 2. The molecule has 1 aromatic heterocycles. The maximum absolute atomic E-state index is 12.4. The summed E-state index contributed by atoms with van der Waals surface area (Å²) in [6.45, 7) is 0. The van der Waals surface area contributed by atoms with E-state index in [-0.39, 0.29) is 5.78 Å². The second-order valence-corrected chi connectivity index (χ2v) is 6.69. The number of hydrogen-bond donors (Lipinski definition) is 0. The van der Waals surface area contributed by atoms with Crippen molar-refractivity contribution >= 4 is 28.1 Å². The molecule has 0 saturated carbocycles. The van der Waals surface area contributed by atoms with E-state index in [9.17, 15) is 9.00 Å². The molecule has 0 saturated heterocycles. The Morgan fingerprint density at radius 3 is 2.83 bits per heavy atom. The number of rotatable bonds is 2. The summed E-state index contributed by atoms with van der Waals surface area (Å²) in [4.78, 5) is 22.2. The minimum Gasteiger partial charge on any atom is -0.288 e. The number of ketones is 1. The monoisotopic (exact) mass is 320 g/mol. The minimum atomic E-state index is -1.05. The van der Waals surface area contributed by atoms with Crippen LogP contribution in [0.15, 0.2) is 70.1 Å². The number of Topliss-reactive ketones (excluding diaryl/α,β-unsaturated/α-hetero) is 1. The lowest BCUT2D eigenvalue weighted by molar-refractivity contribution is 0.104. The zero-order valence-corrected chi connectivity index (χ0v) is 13.1. The number of fused-ring (bicyclic) bond motifs is 2. The van der Waals surface area contributed by atoms with Crippen molar-refractivity contribution in [2.45, 2.75) is 4.90 Å². The number of aromatic nitrogens is 1. The smallest absolute Gasteiger partial charge is 0.198 e. The third-order valence-corrected chi connectivity index (χ3v) is 4.76. The van der Waals surface area contributed by atoms with Crippen LogP contribution in [0.2, 0.25) is 0 Å². The fourth-order valence-electron chi connectivity index (χ4n) is 2.67. The van der Waals surface area contributed by atoms with Gasteiger partial charge in [-0.1, -0.05) is 18.2 Å². The molecule has 1 aliphatic heterocycles. The van der Waals surface area contributed by atoms with Crippen LogP contribution >= 0.6 is 0 Å². The van der Waals surface area contributed by atoms with E-state index in [1.807, 2.05) is 36.4 Å². The summed E-state index contributed by atoms with van der Waals surface area (Å²) in [6, 6.07) is 11.0. The van der Waals surface area contributed by atoms with Crippen LogP contribution in [0.1, 0.15) is 10.4 Å². The van der Waals surface area contributed by atoms with Gasteiger partial charge in [0, 0.05) is 33.1 Å². The molecule has 2 aliphatic rings. The summed E-state index contributed by atoms with van der Waals surface area (Å²) in [6.07, 6.45) is 7.05. The van der Waals surface area contributed by atoms with E-state index in [0.29, 0.717) is 28.4 Å². The predicted molar refractivity (Wildman–Crippen MR) is 90.7 cm³/mol. The number of aliphatic imine (C=N–C) groups is 1. The highest BCUT2D eigenvalue weighted by atomic mass is 32.2. The van der Waals surface area contributed by atoms with Crippen molar-refractivity contribution < 1.29 is 9.00 Å². The Hall–Kier alpha value is -2.66. The summed E-state index contributed by atoms with van der Waals surface area (Å²) in [5.74, 6) is 0.395. The summed E-state index contributed by atoms with van der Waals surface area (Å²) in [5, 5.41) is 0. The summed E-state index contributed by atoms with van der Waals surface area (Å²) >= 11 is 0. The molecule has 23 heavy (non-hydrogen) atoms. The normalized spacial score (nSPS) is 16.5. The minimum absolute atomic E-state index is 0.0440. The first kappa shape index (κ1) is 14.0. The van der Waals surface area contributed by atoms with Crippen LogP contribution in [0.3, 0.4) is 0 Å². The molecule has 2 aromatic rings. The second kappa shape index (κ2) is 5.21. The fourth-order valence-corrected chi connectivity index (χ4v) is 3.23. The number of carbonyl (C=O) groups is 1. The third-order valence-electron chi connectivity index (χ3n) is 3.85. The van der Waals surface area contributed by atoms with Crippen LogP contribution in [-0.4, -0.2) is 26.9 Å². The molecular weight excluding hydrogens is 308 g/mol. The molecule has 0 amide bonds. The van der Waals surface area contributed by atoms with Gasteiger partial charge in [0.05, 0.1) is 17.0 Å². The molecule has 1 aromatic carbocycles. The van der Waals surface area contributed by atoms with E-state index in [2.05, 4.69) is 9.98 Å². The van der Waals surface area contributed by atoms with Crippen molar-refractivity contribution in [1.82, 2.24) is 4.98 Å². The molecule has 4 nitrogen and oxygen atoms in total. The quantitative estimate of drug-likeness (QED) is 0.853. The average molecular weight is 320 g/mol. The Kier molecular flexibility index (Phi) is 3.16. The molecule has 1 aliphatic carbocycles. The standard InChI is InChI=1S/C18H12N2O2S/c1-23(22)12-5-2-4-11(10-12)15-9-8-14-17(21)13-6-3-7-16(13)20-18(14)19-15/h2-10H,1H3. The van der Waals surface area contributed by atoms with Gasteiger partial charge in [0.2, 0.25) is 0 Å². The Morgan fingerprint density at radius 1 is 1.13 bits per heavy atom. The molecule has 0 N–H and O–H groups in total. The van der Waals surface area contributed by atoms with E-state index in [1.165, 1.54) is 0 Å². The van der Waals surface area contributed by atoms with Gasteiger partial charge in [-0.3, -0.25) is 9.00 Å². The maximum Gasteiger partial charge on any atom is 0.198 e. The first-order valence-corrected chi connectivity index (χ1v) is 8.66. The van der Waals surface area contributed by atoms with Crippen LogP contribution in [0.5, 0.6) is 0 Å². The molecule has 2 heterocycles. The first-order valence-electron chi connectivity index (χ1n) is 7.10. The molecular formula is C18H12N2O2S. The molecule has 1 atom stereocenters. The summed E-state index contributed by atoms with van der Waals surface area (Å²) in [7, 11) is -1.05. The second-order valence-electron chi connectivity index (χ2n) is 5.32. The highest BCUT2D eigenvalue weighted by Crippen LogP contribution is 2.31. The lowest BCUT2D eigenvalue weighted by Gasteiger charge is -2.14. The van der Waals surface area contributed by atoms with Crippen LogP contribution < -0.4 is 0 Å². The van der Waals surface area contributed by atoms with Gasteiger partial charge in [-0.15, -0.1) is 0 Å². The Labute approximate surface area is 135 Å². The van der Waals surface area contributed by atoms with Gasteiger partial charge in [-0.25, -0.2) is 9.98 Å². The fraction of sp³-hybridized carbons (Fsp3) is 0.0556.